The van der Waals surface area contributed by atoms with E-state index in [0.717, 1.165) is 12.1 Å². The average molecular weight is 255 g/mol. The van der Waals surface area contributed by atoms with Gasteiger partial charge in [-0.3, -0.25) is 0 Å². The lowest BCUT2D eigenvalue weighted by molar-refractivity contribution is -0.153. The predicted octanol–water partition coefficient (Wildman–Crippen LogP) is 2.28. The minimum Gasteiger partial charge on any atom is -0.388 e. The Hall–Kier alpha value is -1.21. The van der Waals surface area contributed by atoms with E-state index in [1.165, 1.54) is 0 Å². The van der Waals surface area contributed by atoms with Gasteiger partial charge in [0.1, 0.15) is 6.04 Å². The molecule has 96 valence electrons. The summed E-state index contributed by atoms with van der Waals surface area (Å²) in [6.45, 7) is 0. The summed E-state index contributed by atoms with van der Waals surface area (Å²) in [5.41, 5.74) is 4.65. The Labute approximate surface area is 93.9 Å². The fourth-order valence-corrected chi connectivity index (χ4v) is 1.23. The van der Waals surface area contributed by atoms with Crippen LogP contribution in [-0.4, -0.2) is 17.3 Å². The van der Waals surface area contributed by atoms with Crippen molar-refractivity contribution in [2.24, 2.45) is 5.73 Å². The van der Waals surface area contributed by atoms with Gasteiger partial charge in [-0.2, -0.15) is 13.2 Å². The third-order valence-corrected chi connectivity index (χ3v) is 2.23. The van der Waals surface area contributed by atoms with E-state index in [9.17, 15) is 27.1 Å². The van der Waals surface area contributed by atoms with Crippen LogP contribution in [0.4, 0.5) is 22.0 Å². The molecule has 0 unspecified atom stereocenters. The van der Waals surface area contributed by atoms with Crippen LogP contribution in [-0.2, 0) is 0 Å². The van der Waals surface area contributed by atoms with Crippen LogP contribution in [0, 0.1) is 11.6 Å². The van der Waals surface area contributed by atoms with Gasteiger partial charge in [0.15, 0.2) is 11.6 Å². The molecule has 2 atom stereocenters. The highest BCUT2D eigenvalue weighted by atomic mass is 19.4. The Morgan fingerprint density at radius 2 is 1.76 bits per heavy atom. The Balaban J connectivity index is 2.76. The number of nitrogens with two attached hydrogens (primary N) is 1. The smallest absolute Gasteiger partial charge is 0.388 e. The number of hydrogen-bond donors (Lipinski definition) is 2. The first kappa shape index (κ1) is 13.9. The molecule has 0 aliphatic carbocycles. The van der Waals surface area contributed by atoms with Crippen molar-refractivity contribution >= 4 is 0 Å². The summed E-state index contributed by atoms with van der Waals surface area (Å²) in [4.78, 5) is 0. The summed E-state index contributed by atoms with van der Waals surface area (Å²) in [7, 11) is 0. The zero-order valence-corrected chi connectivity index (χ0v) is 8.51. The summed E-state index contributed by atoms with van der Waals surface area (Å²) in [5.74, 6) is -2.37. The molecule has 0 radical (unpaired) electrons. The maximum atomic E-state index is 12.8. The lowest BCUT2D eigenvalue weighted by Gasteiger charge is -2.19. The molecule has 0 fully saturated rings. The Morgan fingerprint density at radius 1 is 1.18 bits per heavy atom. The molecule has 0 saturated heterocycles. The summed E-state index contributed by atoms with van der Waals surface area (Å²) in [6.07, 6.45) is -7.05. The number of hydrogen-bond acceptors (Lipinski definition) is 2. The van der Waals surface area contributed by atoms with Crippen LogP contribution in [0.25, 0.3) is 0 Å². The molecule has 0 saturated carbocycles. The normalized spacial score (nSPS) is 15.7. The minimum absolute atomic E-state index is 0.149. The molecular weight excluding hydrogens is 245 g/mol. The van der Waals surface area contributed by atoms with E-state index in [1.807, 2.05) is 0 Å². The van der Waals surface area contributed by atoms with E-state index < -0.39 is 36.4 Å². The first-order valence-electron chi connectivity index (χ1n) is 4.67. The van der Waals surface area contributed by atoms with E-state index in [0.29, 0.717) is 6.07 Å². The minimum atomic E-state index is -4.64. The van der Waals surface area contributed by atoms with Crippen molar-refractivity contribution in [2.75, 3.05) is 0 Å². The molecule has 1 aromatic rings. The molecule has 0 amide bonds. The van der Waals surface area contributed by atoms with Crippen LogP contribution >= 0.6 is 0 Å². The van der Waals surface area contributed by atoms with Crippen molar-refractivity contribution in [1.29, 1.82) is 0 Å². The zero-order chi connectivity index (χ0) is 13.2. The Bertz CT molecular complexity index is 393. The molecule has 1 aromatic carbocycles. The van der Waals surface area contributed by atoms with Gasteiger partial charge in [0, 0.05) is 6.42 Å². The number of aliphatic hydroxyl groups excluding tert-OH is 1. The van der Waals surface area contributed by atoms with E-state index in [-0.39, 0.29) is 5.56 Å². The van der Waals surface area contributed by atoms with E-state index in [1.54, 1.807) is 0 Å². The molecular formula is C10H10F5NO. The van der Waals surface area contributed by atoms with Gasteiger partial charge < -0.3 is 10.8 Å². The molecule has 0 aliphatic heterocycles. The molecule has 7 heteroatoms. The van der Waals surface area contributed by atoms with E-state index in [2.05, 4.69) is 0 Å². The van der Waals surface area contributed by atoms with Crippen molar-refractivity contribution < 1.29 is 27.1 Å². The number of rotatable bonds is 3. The molecule has 0 heterocycles. The van der Waals surface area contributed by atoms with Crippen molar-refractivity contribution in [3.05, 3.63) is 35.4 Å². The standard InChI is InChI=1S/C10H10F5NO/c11-6-2-1-5(3-7(6)12)8(17)4-9(16)10(13,14)15/h1-3,8-9,17H,4,16H2/t8-,9+/m1/s1. The van der Waals surface area contributed by atoms with Crippen molar-refractivity contribution in [1.82, 2.24) is 0 Å². The Morgan fingerprint density at radius 3 is 2.24 bits per heavy atom. The van der Waals surface area contributed by atoms with Crippen LogP contribution in [0.5, 0.6) is 0 Å². The molecule has 0 aromatic heterocycles. The summed E-state index contributed by atoms with van der Waals surface area (Å²) < 4.78 is 61.6. The first-order chi connectivity index (χ1) is 7.71. The molecule has 17 heavy (non-hydrogen) atoms. The highest BCUT2D eigenvalue weighted by Gasteiger charge is 2.38. The largest absolute Gasteiger partial charge is 0.403 e. The Kier molecular flexibility index (Phi) is 4.05. The van der Waals surface area contributed by atoms with Gasteiger partial charge >= 0.3 is 6.18 Å². The van der Waals surface area contributed by atoms with E-state index >= 15 is 0 Å². The average Bonchev–Trinajstić information content (AvgIpc) is 2.20. The SMILES string of the molecule is N[C@@H](C[C@@H](O)c1ccc(F)c(F)c1)C(F)(F)F. The fourth-order valence-electron chi connectivity index (χ4n) is 1.23. The summed E-state index contributed by atoms with van der Waals surface area (Å²) in [5, 5.41) is 9.40. The lowest BCUT2D eigenvalue weighted by Crippen LogP contribution is -2.38. The van der Waals surface area contributed by atoms with Gasteiger partial charge in [-0.1, -0.05) is 6.07 Å². The molecule has 0 spiro atoms. The molecule has 3 N–H and O–H groups in total. The monoisotopic (exact) mass is 255 g/mol. The van der Waals surface area contributed by atoms with Crippen LogP contribution in [0.15, 0.2) is 18.2 Å². The van der Waals surface area contributed by atoms with E-state index in [4.69, 9.17) is 5.73 Å². The second kappa shape index (κ2) is 4.97. The third-order valence-electron chi connectivity index (χ3n) is 2.23. The summed E-state index contributed by atoms with van der Waals surface area (Å²) in [6, 6.07) is 0.160. The van der Waals surface area contributed by atoms with Crippen molar-refractivity contribution in [3.63, 3.8) is 0 Å². The highest BCUT2D eigenvalue weighted by Crippen LogP contribution is 2.27. The second-order valence-corrected chi connectivity index (χ2v) is 3.57. The van der Waals surface area contributed by atoms with Crippen LogP contribution in [0.2, 0.25) is 0 Å². The highest BCUT2D eigenvalue weighted by molar-refractivity contribution is 5.20. The van der Waals surface area contributed by atoms with Gasteiger partial charge in [-0.15, -0.1) is 0 Å². The zero-order valence-electron chi connectivity index (χ0n) is 8.51. The van der Waals surface area contributed by atoms with Gasteiger partial charge in [-0.25, -0.2) is 8.78 Å². The maximum Gasteiger partial charge on any atom is 0.403 e. The maximum absolute atomic E-state index is 12.8. The molecule has 1 rings (SSSR count). The lowest BCUT2D eigenvalue weighted by atomic mass is 10.0. The number of alkyl halides is 3. The summed E-state index contributed by atoms with van der Waals surface area (Å²) >= 11 is 0. The second-order valence-electron chi connectivity index (χ2n) is 3.57. The quantitative estimate of drug-likeness (QED) is 0.814. The predicted molar refractivity (Wildman–Crippen MR) is 50.0 cm³/mol. The third kappa shape index (κ3) is 3.64. The topological polar surface area (TPSA) is 46.2 Å². The van der Waals surface area contributed by atoms with Gasteiger partial charge in [-0.05, 0) is 17.7 Å². The van der Waals surface area contributed by atoms with Crippen LogP contribution < -0.4 is 5.73 Å². The van der Waals surface area contributed by atoms with Crippen molar-refractivity contribution in [2.45, 2.75) is 24.7 Å². The van der Waals surface area contributed by atoms with Gasteiger partial charge in [0.2, 0.25) is 0 Å². The van der Waals surface area contributed by atoms with Crippen LogP contribution in [0.1, 0.15) is 18.1 Å². The number of aliphatic hydroxyl groups is 1. The molecule has 0 aliphatic rings. The van der Waals surface area contributed by atoms with Gasteiger partial charge in [0.05, 0.1) is 6.10 Å². The number of halogens is 5. The van der Waals surface area contributed by atoms with Gasteiger partial charge in [0.25, 0.3) is 0 Å². The first-order valence-corrected chi connectivity index (χ1v) is 4.67. The number of benzene rings is 1. The fraction of sp³-hybridized carbons (Fsp3) is 0.400. The molecule has 0 bridgehead atoms. The molecule has 2 nitrogen and oxygen atoms in total. The van der Waals surface area contributed by atoms with Crippen LogP contribution in [0.3, 0.4) is 0 Å². The van der Waals surface area contributed by atoms with Crippen molar-refractivity contribution in [3.8, 4) is 0 Å².